The third kappa shape index (κ3) is 0.953. The summed E-state index contributed by atoms with van der Waals surface area (Å²) in [6.07, 6.45) is 2.53. The molecule has 3 rings (SSSR count). The summed E-state index contributed by atoms with van der Waals surface area (Å²) in [6, 6.07) is 6.58. The van der Waals surface area contributed by atoms with E-state index in [1.807, 2.05) is 18.2 Å². The van der Waals surface area contributed by atoms with Crippen LogP contribution in [0.25, 0.3) is 11.0 Å². The zero-order valence-electron chi connectivity index (χ0n) is 8.20. The second-order valence-electron chi connectivity index (χ2n) is 3.98. The van der Waals surface area contributed by atoms with E-state index in [1.54, 1.807) is 0 Å². The van der Waals surface area contributed by atoms with Gasteiger partial charge in [-0.05, 0) is 31.9 Å². The van der Waals surface area contributed by atoms with Crippen molar-refractivity contribution < 1.29 is 0 Å². The molecule has 3 heteroatoms. The molecule has 1 aromatic heterocycles. The van der Waals surface area contributed by atoms with Crippen molar-refractivity contribution in [1.82, 2.24) is 9.55 Å². The van der Waals surface area contributed by atoms with Gasteiger partial charge in [0.2, 0.25) is 0 Å². The van der Waals surface area contributed by atoms with Crippen molar-refractivity contribution in [2.45, 2.75) is 25.8 Å². The zero-order valence-corrected chi connectivity index (χ0v) is 8.20. The van der Waals surface area contributed by atoms with Gasteiger partial charge in [0.25, 0.3) is 0 Å². The molecule has 1 aliphatic rings. The topological polar surface area (TPSA) is 43.8 Å². The Morgan fingerprint density at radius 2 is 2.21 bits per heavy atom. The number of hydrogen-bond donors (Lipinski definition) is 1. The average Bonchev–Trinajstić information content (AvgIpc) is 2.90. The van der Waals surface area contributed by atoms with E-state index in [0.717, 1.165) is 22.5 Å². The zero-order chi connectivity index (χ0) is 9.71. The van der Waals surface area contributed by atoms with Gasteiger partial charge in [-0.15, -0.1) is 0 Å². The van der Waals surface area contributed by atoms with Gasteiger partial charge in [0.05, 0.1) is 16.7 Å². The summed E-state index contributed by atoms with van der Waals surface area (Å²) in [5.74, 6) is 1.08. The molecule has 0 radical (unpaired) electrons. The van der Waals surface area contributed by atoms with Gasteiger partial charge in [-0.25, -0.2) is 4.98 Å². The van der Waals surface area contributed by atoms with Gasteiger partial charge >= 0.3 is 0 Å². The highest BCUT2D eigenvalue weighted by Gasteiger charge is 2.27. The van der Waals surface area contributed by atoms with Crippen LogP contribution >= 0.6 is 0 Å². The maximum atomic E-state index is 5.98. The quantitative estimate of drug-likeness (QED) is 0.696. The van der Waals surface area contributed by atoms with Gasteiger partial charge in [0.15, 0.2) is 0 Å². The van der Waals surface area contributed by atoms with Crippen molar-refractivity contribution in [3.8, 4) is 0 Å². The van der Waals surface area contributed by atoms with E-state index in [1.165, 1.54) is 12.8 Å². The Balaban J connectivity index is 2.39. The first-order chi connectivity index (χ1) is 6.77. The van der Waals surface area contributed by atoms with Crippen LogP contribution in [-0.2, 0) is 0 Å². The van der Waals surface area contributed by atoms with Crippen molar-refractivity contribution >= 4 is 16.7 Å². The molecular formula is C11H13N3. The summed E-state index contributed by atoms with van der Waals surface area (Å²) in [6.45, 7) is 2.05. The summed E-state index contributed by atoms with van der Waals surface area (Å²) < 4.78 is 2.28. The molecule has 0 unspecified atom stereocenters. The molecule has 0 amide bonds. The Hall–Kier alpha value is -1.51. The molecule has 0 atom stereocenters. The molecule has 0 bridgehead atoms. The van der Waals surface area contributed by atoms with E-state index < -0.39 is 0 Å². The second kappa shape index (κ2) is 2.50. The van der Waals surface area contributed by atoms with Crippen molar-refractivity contribution in [1.29, 1.82) is 0 Å². The van der Waals surface area contributed by atoms with Crippen LogP contribution in [0.4, 0.5) is 5.69 Å². The summed E-state index contributed by atoms with van der Waals surface area (Å²) >= 11 is 0. The minimum Gasteiger partial charge on any atom is -0.397 e. The fourth-order valence-electron chi connectivity index (χ4n) is 2.07. The highest BCUT2D eigenvalue weighted by Crippen LogP contribution is 2.39. The largest absolute Gasteiger partial charge is 0.397 e. The van der Waals surface area contributed by atoms with E-state index >= 15 is 0 Å². The number of anilines is 1. The molecule has 0 saturated heterocycles. The molecule has 2 N–H and O–H groups in total. The van der Waals surface area contributed by atoms with Crippen LogP contribution in [-0.4, -0.2) is 9.55 Å². The molecule has 0 spiro atoms. The number of imidazole rings is 1. The molecule has 0 aliphatic heterocycles. The Labute approximate surface area is 82.5 Å². The fraction of sp³-hybridized carbons (Fsp3) is 0.364. The highest BCUT2D eigenvalue weighted by molar-refractivity contribution is 5.88. The third-order valence-corrected chi connectivity index (χ3v) is 2.83. The van der Waals surface area contributed by atoms with Crippen molar-refractivity contribution in [3.63, 3.8) is 0 Å². The smallest absolute Gasteiger partial charge is 0.107 e. The number of nitrogen functional groups attached to an aromatic ring is 1. The van der Waals surface area contributed by atoms with Crippen molar-refractivity contribution in [3.05, 3.63) is 24.0 Å². The van der Waals surface area contributed by atoms with E-state index in [-0.39, 0.29) is 0 Å². The lowest BCUT2D eigenvalue weighted by Gasteiger charge is -2.05. The number of aryl methyl sites for hydroxylation is 1. The predicted molar refractivity (Wildman–Crippen MR) is 57.2 cm³/mol. The lowest BCUT2D eigenvalue weighted by Crippen LogP contribution is -1.98. The van der Waals surface area contributed by atoms with Crippen LogP contribution in [0.1, 0.15) is 24.7 Å². The summed E-state index contributed by atoms with van der Waals surface area (Å²) in [5.41, 5.74) is 8.96. The number of hydrogen-bond acceptors (Lipinski definition) is 2. The third-order valence-electron chi connectivity index (χ3n) is 2.83. The SMILES string of the molecule is Cc1nc2cccc(N)c2n1C1CC1. The fourth-order valence-corrected chi connectivity index (χ4v) is 2.07. The number of fused-ring (bicyclic) bond motifs is 1. The highest BCUT2D eigenvalue weighted by atomic mass is 15.1. The number of nitrogens with two attached hydrogens (primary N) is 1. The number of benzene rings is 1. The minimum absolute atomic E-state index is 0.643. The lowest BCUT2D eigenvalue weighted by molar-refractivity contribution is 0.734. The van der Waals surface area contributed by atoms with E-state index in [2.05, 4.69) is 16.5 Å². The minimum atomic E-state index is 0.643. The standard InChI is InChI=1S/C11H13N3/c1-7-13-10-4-2-3-9(12)11(10)14(7)8-5-6-8/h2-4,8H,5-6,12H2,1H3. The van der Waals surface area contributed by atoms with E-state index in [9.17, 15) is 0 Å². The van der Waals surface area contributed by atoms with Crippen molar-refractivity contribution in [2.24, 2.45) is 0 Å². The summed E-state index contributed by atoms with van der Waals surface area (Å²) in [5, 5.41) is 0. The van der Waals surface area contributed by atoms with Gasteiger partial charge < -0.3 is 10.3 Å². The van der Waals surface area contributed by atoms with Crippen LogP contribution in [0.5, 0.6) is 0 Å². The Morgan fingerprint density at radius 3 is 2.93 bits per heavy atom. The monoisotopic (exact) mass is 187 g/mol. The number of nitrogens with zero attached hydrogens (tertiary/aromatic N) is 2. The van der Waals surface area contributed by atoms with Gasteiger partial charge in [-0.2, -0.15) is 0 Å². The van der Waals surface area contributed by atoms with Crippen molar-refractivity contribution in [2.75, 3.05) is 5.73 Å². The molecule has 1 fully saturated rings. The molecule has 1 saturated carbocycles. The molecule has 72 valence electrons. The van der Waals surface area contributed by atoms with E-state index in [4.69, 9.17) is 5.73 Å². The van der Waals surface area contributed by atoms with Crippen LogP contribution in [0.2, 0.25) is 0 Å². The number of para-hydroxylation sites is 1. The first kappa shape index (κ1) is 7.85. The first-order valence-corrected chi connectivity index (χ1v) is 5.00. The molecule has 14 heavy (non-hydrogen) atoms. The molecule has 2 aromatic rings. The maximum Gasteiger partial charge on any atom is 0.107 e. The molecule has 1 aliphatic carbocycles. The Bertz CT molecular complexity index is 494. The molecule has 1 heterocycles. The average molecular weight is 187 g/mol. The number of aromatic nitrogens is 2. The van der Waals surface area contributed by atoms with Gasteiger partial charge in [-0.1, -0.05) is 6.07 Å². The maximum absolute atomic E-state index is 5.98. The van der Waals surface area contributed by atoms with E-state index in [0.29, 0.717) is 6.04 Å². The molecular weight excluding hydrogens is 174 g/mol. The molecule has 3 nitrogen and oxygen atoms in total. The number of rotatable bonds is 1. The summed E-state index contributed by atoms with van der Waals surface area (Å²) in [4.78, 5) is 4.52. The normalized spacial score (nSPS) is 16.4. The Morgan fingerprint density at radius 1 is 1.43 bits per heavy atom. The van der Waals surface area contributed by atoms with Crippen LogP contribution < -0.4 is 5.73 Å². The predicted octanol–water partition coefficient (Wildman–Crippen LogP) is 2.26. The van der Waals surface area contributed by atoms with Crippen LogP contribution in [0, 0.1) is 6.92 Å². The summed E-state index contributed by atoms with van der Waals surface area (Å²) in [7, 11) is 0. The Kier molecular flexibility index (Phi) is 1.40. The van der Waals surface area contributed by atoms with Crippen LogP contribution in [0.3, 0.4) is 0 Å². The van der Waals surface area contributed by atoms with Gasteiger partial charge in [-0.3, -0.25) is 0 Å². The van der Waals surface area contributed by atoms with Gasteiger partial charge in [0, 0.05) is 6.04 Å². The second-order valence-corrected chi connectivity index (χ2v) is 3.98. The first-order valence-electron chi connectivity index (χ1n) is 5.00. The van der Waals surface area contributed by atoms with Gasteiger partial charge in [0.1, 0.15) is 5.82 Å². The molecule has 1 aromatic carbocycles. The lowest BCUT2D eigenvalue weighted by atomic mass is 10.2. The van der Waals surface area contributed by atoms with Crippen LogP contribution in [0.15, 0.2) is 18.2 Å².